The van der Waals surface area contributed by atoms with Crippen molar-refractivity contribution >= 4 is 5.97 Å². The SMILES string of the molecule is C=CC=C[C@@H](C)C(=O)O. The van der Waals surface area contributed by atoms with Gasteiger partial charge in [0.1, 0.15) is 0 Å². The molecule has 50 valence electrons. The summed E-state index contributed by atoms with van der Waals surface area (Å²) in [5.41, 5.74) is 0. The number of allylic oxidation sites excluding steroid dienone is 2. The minimum absolute atomic E-state index is 0.414. The van der Waals surface area contributed by atoms with Crippen molar-refractivity contribution in [2.24, 2.45) is 5.92 Å². The van der Waals surface area contributed by atoms with E-state index in [9.17, 15) is 4.79 Å². The number of rotatable bonds is 3. The smallest absolute Gasteiger partial charge is 0.310 e. The lowest BCUT2D eigenvalue weighted by atomic mass is 10.2. The van der Waals surface area contributed by atoms with Crippen molar-refractivity contribution in [3.63, 3.8) is 0 Å². The molecular weight excluding hydrogens is 116 g/mol. The molecular formula is C7H10O2. The number of hydrogen-bond donors (Lipinski definition) is 1. The van der Waals surface area contributed by atoms with E-state index in [1.807, 2.05) is 0 Å². The molecule has 0 unspecified atom stereocenters. The monoisotopic (exact) mass is 126 g/mol. The van der Waals surface area contributed by atoms with Crippen LogP contribution in [0.2, 0.25) is 0 Å². The average Bonchev–Trinajstić information content (AvgIpc) is 1.82. The minimum atomic E-state index is -0.812. The minimum Gasteiger partial charge on any atom is -0.481 e. The lowest BCUT2D eigenvalue weighted by Crippen LogP contribution is -2.05. The van der Waals surface area contributed by atoms with Gasteiger partial charge in [-0.15, -0.1) is 0 Å². The molecule has 0 radical (unpaired) electrons. The summed E-state index contributed by atoms with van der Waals surface area (Å²) in [7, 11) is 0. The van der Waals surface area contributed by atoms with Crippen molar-refractivity contribution in [3.8, 4) is 0 Å². The van der Waals surface area contributed by atoms with Gasteiger partial charge in [-0.05, 0) is 6.92 Å². The predicted octanol–water partition coefficient (Wildman–Crippen LogP) is 1.45. The van der Waals surface area contributed by atoms with Crippen molar-refractivity contribution in [1.29, 1.82) is 0 Å². The summed E-state index contributed by atoms with van der Waals surface area (Å²) in [4.78, 5) is 10.1. The summed E-state index contributed by atoms with van der Waals surface area (Å²) in [5.74, 6) is -1.23. The highest BCUT2D eigenvalue weighted by Gasteiger charge is 2.03. The molecule has 0 aliphatic heterocycles. The number of carbonyl (C=O) groups is 1. The second kappa shape index (κ2) is 3.89. The summed E-state index contributed by atoms with van der Waals surface area (Å²) in [6, 6.07) is 0. The third-order valence-electron chi connectivity index (χ3n) is 0.925. The quantitative estimate of drug-likeness (QED) is 0.581. The molecule has 0 rings (SSSR count). The molecule has 0 aromatic heterocycles. The van der Waals surface area contributed by atoms with E-state index < -0.39 is 11.9 Å². The van der Waals surface area contributed by atoms with Gasteiger partial charge >= 0.3 is 5.97 Å². The average molecular weight is 126 g/mol. The van der Waals surface area contributed by atoms with E-state index in [1.54, 1.807) is 25.2 Å². The second-order valence-electron chi connectivity index (χ2n) is 1.75. The zero-order chi connectivity index (χ0) is 7.28. The number of carboxylic acid groups (broad SMARTS) is 1. The van der Waals surface area contributed by atoms with Crippen molar-refractivity contribution in [2.45, 2.75) is 6.92 Å². The maximum absolute atomic E-state index is 10.1. The maximum atomic E-state index is 10.1. The van der Waals surface area contributed by atoms with Crippen LogP contribution >= 0.6 is 0 Å². The highest BCUT2D eigenvalue weighted by atomic mass is 16.4. The molecule has 0 aromatic rings. The number of carboxylic acids is 1. The van der Waals surface area contributed by atoms with E-state index in [-0.39, 0.29) is 0 Å². The third kappa shape index (κ3) is 3.53. The largest absolute Gasteiger partial charge is 0.481 e. The molecule has 0 saturated heterocycles. The molecule has 0 fully saturated rings. The van der Waals surface area contributed by atoms with Gasteiger partial charge in [0.25, 0.3) is 0 Å². The molecule has 1 atom stereocenters. The molecule has 0 aromatic carbocycles. The number of aliphatic carboxylic acids is 1. The molecule has 9 heavy (non-hydrogen) atoms. The second-order valence-corrected chi connectivity index (χ2v) is 1.75. The predicted molar refractivity (Wildman–Crippen MR) is 36.1 cm³/mol. The first-order chi connectivity index (χ1) is 4.18. The fraction of sp³-hybridized carbons (Fsp3) is 0.286. The Morgan fingerprint density at radius 1 is 1.78 bits per heavy atom. The first kappa shape index (κ1) is 7.95. The Morgan fingerprint density at radius 3 is 2.67 bits per heavy atom. The van der Waals surface area contributed by atoms with Crippen LogP contribution in [-0.4, -0.2) is 11.1 Å². The van der Waals surface area contributed by atoms with Gasteiger partial charge in [-0.3, -0.25) is 4.79 Å². The van der Waals surface area contributed by atoms with Gasteiger partial charge < -0.3 is 5.11 Å². The fourth-order valence-corrected chi connectivity index (χ4v) is 0.328. The van der Waals surface area contributed by atoms with E-state index in [0.717, 1.165) is 0 Å². The standard InChI is InChI=1S/C7H10O2/c1-3-4-5-6(2)7(8)9/h3-6H,1H2,2H3,(H,8,9)/t6-/m1/s1. The highest BCUT2D eigenvalue weighted by molar-refractivity contribution is 5.71. The van der Waals surface area contributed by atoms with Gasteiger partial charge in [0.05, 0.1) is 5.92 Å². The molecule has 0 heterocycles. The topological polar surface area (TPSA) is 37.3 Å². The van der Waals surface area contributed by atoms with Crippen LogP contribution in [0.5, 0.6) is 0 Å². The van der Waals surface area contributed by atoms with Gasteiger partial charge in [0, 0.05) is 0 Å². The van der Waals surface area contributed by atoms with Crippen LogP contribution in [0.15, 0.2) is 24.8 Å². The molecule has 1 N–H and O–H groups in total. The summed E-state index contributed by atoms with van der Waals surface area (Å²) >= 11 is 0. The molecule has 0 amide bonds. The Bertz CT molecular complexity index is 136. The summed E-state index contributed by atoms with van der Waals surface area (Å²) < 4.78 is 0. The van der Waals surface area contributed by atoms with E-state index in [1.165, 1.54) is 0 Å². The molecule has 0 spiro atoms. The lowest BCUT2D eigenvalue weighted by molar-refractivity contribution is -0.139. The van der Waals surface area contributed by atoms with Gasteiger partial charge in [-0.2, -0.15) is 0 Å². The van der Waals surface area contributed by atoms with E-state index >= 15 is 0 Å². The van der Waals surface area contributed by atoms with E-state index in [4.69, 9.17) is 5.11 Å². The lowest BCUT2D eigenvalue weighted by Gasteiger charge is -1.93. The van der Waals surface area contributed by atoms with Gasteiger partial charge in [-0.1, -0.05) is 24.8 Å². The molecule has 2 nitrogen and oxygen atoms in total. The van der Waals surface area contributed by atoms with Crippen LogP contribution < -0.4 is 0 Å². The van der Waals surface area contributed by atoms with Gasteiger partial charge in [0.2, 0.25) is 0 Å². The Hall–Kier alpha value is -1.05. The maximum Gasteiger partial charge on any atom is 0.310 e. The van der Waals surface area contributed by atoms with Crippen LogP contribution in [0.4, 0.5) is 0 Å². The first-order valence-corrected chi connectivity index (χ1v) is 2.70. The van der Waals surface area contributed by atoms with Crippen LogP contribution in [0.25, 0.3) is 0 Å². The molecule has 2 heteroatoms. The summed E-state index contributed by atoms with van der Waals surface area (Å²) in [6.45, 7) is 5.03. The summed E-state index contributed by atoms with van der Waals surface area (Å²) in [5, 5.41) is 8.32. The fourth-order valence-electron chi connectivity index (χ4n) is 0.328. The van der Waals surface area contributed by atoms with Gasteiger partial charge in [0.15, 0.2) is 0 Å². The van der Waals surface area contributed by atoms with Crippen LogP contribution in [0.1, 0.15) is 6.92 Å². The van der Waals surface area contributed by atoms with Crippen molar-refractivity contribution in [1.82, 2.24) is 0 Å². The zero-order valence-electron chi connectivity index (χ0n) is 5.37. The summed E-state index contributed by atoms with van der Waals surface area (Å²) in [6.07, 6.45) is 4.76. The van der Waals surface area contributed by atoms with Crippen molar-refractivity contribution in [2.75, 3.05) is 0 Å². The molecule has 0 aliphatic rings. The molecule has 0 bridgehead atoms. The third-order valence-corrected chi connectivity index (χ3v) is 0.925. The Kier molecular flexibility index (Phi) is 3.44. The molecule has 0 aliphatic carbocycles. The van der Waals surface area contributed by atoms with Crippen molar-refractivity contribution in [3.05, 3.63) is 24.8 Å². The normalized spacial score (nSPS) is 13.4. The molecule has 0 saturated carbocycles. The Labute approximate surface area is 54.5 Å². The van der Waals surface area contributed by atoms with Gasteiger partial charge in [-0.25, -0.2) is 0 Å². The van der Waals surface area contributed by atoms with Crippen molar-refractivity contribution < 1.29 is 9.90 Å². The van der Waals surface area contributed by atoms with Crippen LogP contribution in [-0.2, 0) is 4.79 Å². The first-order valence-electron chi connectivity index (χ1n) is 2.70. The van der Waals surface area contributed by atoms with E-state index in [0.29, 0.717) is 0 Å². The highest BCUT2D eigenvalue weighted by Crippen LogP contribution is 1.95. The van der Waals surface area contributed by atoms with Crippen LogP contribution in [0, 0.1) is 5.92 Å². The number of hydrogen-bond acceptors (Lipinski definition) is 1. The Morgan fingerprint density at radius 2 is 2.33 bits per heavy atom. The van der Waals surface area contributed by atoms with Crippen LogP contribution in [0.3, 0.4) is 0 Å². The zero-order valence-corrected chi connectivity index (χ0v) is 5.37. The van der Waals surface area contributed by atoms with E-state index in [2.05, 4.69) is 6.58 Å². The Balaban J connectivity index is 3.75.